The summed E-state index contributed by atoms with van der Waals surface area (Å²) in [6, 6.07) is 11.5. The number of thiazole rings is 1. The Kier molecular flexibility index (Phi) is 23.7. The van der Waals surface area contributed by atoms with Crippen LogP contribution in [0.5, 0.6) is 0 Å². The fourth-order valence-electron chi connectivity index (χ4n) is 11.3. The maximum atomic E-state index is 14.1. The monoisotopic (exact) mass is 1180 g/mol. The number of piperazine rings is 1. The molecule has 3 aliphatic heterocycles. The average Bonchev–Trinajstić information content (AvgIpc) is 4.07. The Balaban J connectivity index is 0.697. The highest BCUT2D eigenvalue weighted by Gasteiger charge is 2.45. The molecule has 4 amide bonds. The summed E-state index contributed by atoms with van der Waals surface area (Å²) in [6.45, 7) is 16.5. The number of nitrogens with two attached hydrogens (primary N) is 2. The quantitative estimate of drug-likeness (QED) is 0.0352. The highest BCUT2D eigenvalue weighted by atomic mass is 35.5. The van der Waals surface area contributed by atoms with Crippen LogP contribution < -0.4 is 27.0 Å². The van der Waals surface area contributed by atoms with Crippen molar-refractivity contribution in [2.24, 2.45) is 16.6 Å². The molecule has 20 heteroatoms. The topological polar surface area (TPSA) is 216 Å². The van der Waals surface area contributed by atoms with E-state index in [1.54, 1.807) is 23.6 Å². The van der Waals surface area contributed by atoms with Gasteiger partial charge in [0.15, 0.2) is 5.82 Å². The van der Waals surface area contributed by atoms with Gasteiger partial charge in [-0.3, -0.25) is 24.1 Å². The first-order valence-electron chi connectivity index (χ1n) is 29.1. The lowest BCUT2D eigenvalue weighted by molar-refractivity contribution is -0.144. The van der Waals surface area contributed by atoms with Crippen molar-refractivity contribution in [2.45, 2.75) is 178 Å². The van der Waals surface area contributed by atoms with Crippen LogP contribution in [0.3, 0.4) is 0 Å². The van der Waals surface area contributed by atoms with Gasteiger partial charge in [0.25, 0.3) is 0 Å². The van der Waals surface area contributed by atoms with Crippen LogP contribution in [0.1, 0.15) is 154 Å². The summed E-state index contributed by atoms with van der Waals surface area (Å²) >= 11 is 15.5. The molecule has 0 saturated carbocycles. The first-order chi connectivity index (χ1) is 38.3. The number of anilines is 2. The van der Waals surface area contributed by atoms with Crippen molar-refractivity contribution in [3.05, 3.63) is 75.5 Å². The Morgan fingerprint density at radius 3 is 2.17 bits per heavy atom. The number of nitrogens with zero attached hydrogens (tertiary/aromatic N) is 7. The van der Waals surface area contributed by atoms with Crippen molar-refractivity contribution in [1.82, 2.24) is 40.3 Å². The van der Waals surface area contributed by atoms with Crippen molar-refractivity contribution in [3.8, 4) is 10.4 Å². The molecule has 2 aromatic carbocycles. The van der Waals surface area contributed by atoms with Gasteiger partial charge in [0, 0.05) is 70.0 Å². The summed E-state index contributed by atoms with van der Waals surface area (Å²) < 4.78 is 0. The van der Waals surface area contributed by atoms with E-state index in [1.165, 1.54) is 35.9 Å². The van der Waals surface area contributed by atoms with Gasteiger partial charge in [-0.25, -0.2) is 15.0 Å². The molecule has 0 bridgehead atoms. The van der Waals surface area contributed by atoms with Crippen LogP contribution in [0.25, 0.3) is 10.4 Å². The second-order valence-electron chi connectivity index (χ2n) is 23.5. The lowest BCUT2D eigenvalue weighted by Crippen LogP contribution is -2.57. The molecule has 0 radical (unpaired) electrons. The first-order valence-corrected chi connectivity index (χ1v) is 31.6. The minimum atomic E-state index is -0.843. The Hall–Kier alpha value is -4.56. The molecule has 80 heavy (non-hydrogen) atoms. The number of aryl methyl sites for hydroxylation is 1. The van der Waals surface area contributed by atoms with Crippen molar-refractivity contribution < 1.29 is 24.3 Å². The van der Waals surface area contributed by atoms with Crippen LogP contribution >= 0.6 is 46.3 Å². The van der Waals surface area contributed by atoms with Crippen molar-refractivity contribution in [3.63, 3.8) is 0 Å². The number of aliphatic hydroxyl groups is 1. The van der Waals surface area contributed by atoms with E-state index in [9.17, 15) is 24.3 Å². The molecular formula is C60H87Cl2N11O5S2. The van der Waals surface area contributed by atoms with Gasteiger partial charge in [0.2, 0.25) is 23.6 Å². The molecule has 3 fully saturated rings. The lowest BCUT2D eigenvalue weighted by atomic mass is 9.74. The third-order valence-corrected chi connectivity index (χ3v) is 19.4. The number of hydrogen-bond acceptors (Lipinski definition) is 14. The average molecular weight is 1180 g/mol. The van der Waals surface area contributed by atoms with Gasteiger partial charge >= 0.3 is 0 Å². The second-order valence-corrected chi connectivity index (χ2v) is 26.2. The number of hydrogen-bond donors (Lipinski definition) is 5. The van der Waals surface area contributed by atoms with Gasteiger partial charge in [-0.05, 0) is 99.6 Å². The predicted octanol–water partition coefficient (Wildman–Crippen LogP) is 10.5. The number of carbonyl (C=O) groups excluding carboxylic acids is 4. The Morgan fingerprint density at radius 1 is 0.863 bits per heavy atom. The molecule has 7 rings (SSSR count). The number of piperidine rings is 1. The second kappa shape index (κ2) is 30.1. The van der Waals surface area contributed by atoms with Gasteiger partial charge in [0.05, 0.1) is 44.5 Å². The van der Waals surface area contributed by atoms with Crippen LogP contribution in [0, 0.1) is 17.8 Å². The summed E-state index contributed by atoms with van der Waals surface area (Å²) in [6.07, 6.45) is 16.6. The van der Waals surface area contributed by atoms with Gasteiger partial charge < -0.3 is 41.9 Å². The van der Waals surface area contributed by atoms with E-state index in [-0.39, 0.29) is 48.1 Å². The highest BCUT2D eigenvalue weighted by Crippen LogP contribution is 2.40. The minimum absolute atomic E-state index is 0.0370. The van der Waals surface area contributed by atoms with E-state index >= 15 is 0 Å². The summed E-state index contributed by atoms with van der Waals surface area (Å²) in [5.74, 6) is 0.559. The van der Waals surface area contributed by atoms with E-state index < -0.39 is 23.6 Å². The molecule has 0 unspecified atom stereocenters. The molecule has 3 aliphatic rings. The molecule has 7 N–H and O–H groups in total. The predicted molar refractivity (Wildman–Crippen MR) is 324 cm³/mol. The molecule has 4 atom stereocenters. The van der Waals surface area contributed by atoms with Crippen molar-refractivity contribution in [1.29, 1.82) is 0 Å². The number of nitrogens with one attached hydrogen (secondary N) is 2. The molecular weight excluding hydrogens is 1090 g/mol. The van der Waals surface area contributed by atoms with Crippen LogP contribution in [0.2, 0.25) is 10.0 Å². The standard InChI is InChI=1S/C60H87Cl2N11O5S2/c1-41(43-22-24-44(25-23-43)53-42(2)66-40-79-53)67-56(77)47-36-45(74)38-73(47)58(78)54(59(3,4)5)69-50(75)20-13-10-8-6-7-9-11-16-29-70-32-34-72(35-33-70)51(76)21-14-12-15-26-60(39-63)27-30-71(31-28-60)49-37-65-57(55(64)68-49)80-48-19-17-18-46(61)52(48)62/h17-19,22-25,37,40-41,45,47,54,74H,6-16,20-21,26-36,38-39,63H2,1-5H3,(H2,64,68)(H,67,77)(H,69,75)/t41-,45+,47-,54+/m0/s1. The van der Waals surface area contributed by atoms with Crippen molar-refractivity contribution >= 4 is 81.6 Å². The normalized spacial score (nSPS) is 18.5. The van der Waals surface area contributed by atoms with Crippen LogP contribution in [0.15, 0.2) is 64.1 Å². The number of β-amino-alcohol motifs (C(OH)–C–C–N with tert-alkyl or cyclic N) is 1. The Morgan fingerprint density at radius 2 is 1.52 bits per heavy atom. The van der Waals surface area contributed by atoms with E-state index in [0.29, 0.717) is 40.3 Å². The van der Waals surface area contributed by atoms with Crippen molar-refractivity contribution in [2.75, 3.05) is 69.5 Å². The summed E-state index contributed by atoms with van der Waals surface area (Å²) in [4.78, 5) is 78.0. The molecule has 438 valence electrons. The van der Waals surface area contributed by atoms with E-state index in [1.807, 2.05) is 76.5 Å². The number of nitrogen functional groups attached to an aromatic ring is 1. The van der Waals surface area contributed by atoms with Crippen LogP contribution in [-0.4, -0.2) is 135 Å². The lowest BCUT2D eigenvalue weighted by Gasteiger charge is -2.42. The molecule has 2 aromatic heterocycles. The summed E-state index contributed by atoms with van der Waals surface area (Å²) in [7, 11) is 0. The van der Waals surface area contributed by atoms with E-state index in [2.05, 4.69) is 40.3 Å². The zero-order chi connectivity index (χ0) is 57.4. The largest absolute Gasteiger partial charge is 0.391 e. The Bertz CT molecular complexity index is 2660. The summed E-state index contributed by atoms with van der Waals surface area (Å²) in [5, 5.41) is 18.3. The third-order valence-electron chi connectivity index (χ3n) is 16.5. The van der Waals surface area contributed by atoms with Gasteiger partial charge in [-0.15, -0.1) is 11.3 Å². The number of aromatic nitrogens is 3. The van der Waals surface area contributed by atoms with Gasteiger partial charge in [-0.1, -0.05) is 137 Å². The zero-order valence-electron chi connectivity index (χ0n) is 47.8. The highest BCUT2D eigenvalue weighted by molar-refractivity contribution is 7.99. The molecule has 16 nitrogen and oxygen atoms in total. The number of benzene rings is 2. The van der Waals surface area contributed by atoms with Crippen LogP contribution in [0.4, 0.5) is 11.6 Å². The minimum Gasteiger partial charge on any atom is -0.391 e. The molecule has 0 aliphatic carbocycles. The molecule has 3 saturated heterocycles. The number of amides is 4. The first kappa shape index (κ1) is 63.0. The third kappa shape index (κ3) is 17.7. The number of carbonyl (C=O) groups is 4. The maximum Gasteiger partial charge on any atom is 0.246 e. The smallest absolute Gasteiger partial charge is 0.246 e. The summed E-state index contributed by atoms with van der Waals surface area (Å²) in [5.41, 5.74) is 17.0. The fourth-order valence-corrected chi connectivity index (χ4v) is 13.4. The van der Waals surface area contributed by atoms with Crippen LogP contribution in [-0.2, 0) is 19.2 Å². The maximum absolute atomic E-state index is 14.1. The molecule has 5 heterocycles. The SMILES string of the molecule is Cc1ncsc1-c1ccc([C@H](C)NC(=O)[C@@H]2C[C@@H](O)CN2C(=O)[C@@H](NC(=O)CCCCCCCCCCN2CCN(C(=O)CCCCCC3(CN)CCN(c4cnc(Sc5cccc(Cl)c5Cl)c(N)n4)CC3)CC2)C(C)(C)C)cc1. The number of aliphatic hydroxyl groups excluding tert-OH is 1. The fraction of sp³-hybridized carbons (Fsp3) is 0.617. The number of likely N-dealkylation sites (tertiary alicyclic amines) is 1. The number of rotatable bonds is 27. The van der Waals surface area contributed by atoms with E-state index in [0.717, 1.165) is 149 Å². The number of halogens is 2. The number of unbranched alkanes of at least 4 members (excludes halogenated alkanes) is 9. The van der Waals surface area contributed by atoms with Gasteiger partial charge in [0.1, 0.15) is 22.9 Å². The molecule has 0 spiro atoms. The Labute approximate surface area is 493 Å². The zero-order valence-corrected chi connectivity index (χ0v) is 51.0. The molecule has 4 aromatic rings. The van der Waals surface area contributed by atoms with Gasteiger partial charge in [-0.2, -0.15) is 0 Å². The van der Waals surface area contributed by atoms with E-state index in [4.69, 9.17) is 34.7 Å².